The molecule has 0 aliphatic carbocycles. The van der Waals surface area contributed by atoms with E-state index in [1.807, 2.05) is 12.1 Å². The van der Waals surface area contributed by atoms with Crippen LogP contribution >= 0.6 is 24.0 Å². The fraction of sp³-hybridized carbons (Fsp3) is 0.667. The van der Waals surface area contributed by atoms with Gasteiger partial charge >= 0.3 is 0 Å². The van der Waals surface area contributed by atoms with Crippen molar-refractivity contribution in [2.24, 2.45) is 4.99 Å². The van der Waals surface area contributed by atoms with Crippen LogP contribution < -0.4 is 5.32 Å². The highest BCUT2D eigenvalue weighted by Gasteiger charge is 2.31. The van der Waals surface area contributed by atoms with Gasteiger partial charge < -0.3 is 15.0 Å². The minimum absolute atomic E-state index is 0. The molecule has 1 aromatic carbocycles. The van der Waals surface area contributed by atoms with Crippen molar-refractivity contribution in [2.75, 3.05) is 52.5 Å². The molecule has 28 heavy (non-hydrogen) atoms. The third-order valence-corrected chi connectivity index (χ3v) is 5.59. The molecule has 0 bridgehead atoms. The lowest BCUT2D eigenvalue weighted by molar-refractivity contribution is 0.0195. The summed E-state index contributed by atoms with van der Waals surface area (Å²) in [5, 5.41) is 3.43. The molecule has 1 unspecified atom stereocenters. The standard InChI is InChI=1S/C21H33FN4O.HI/c1-4-23-20(24-16-21(2,3)18-7-5-6-8-19(18)22)26-10-9-17(15-26)25-11-13-27-14-12-25;/h5-8,17H,4,9-16H2,1-3H3,(H,23,24);1H. The molecule has 3 rings (SSSR count). The second kappa shape index (κ2) is 10.7. The van der Waals surface area contributed by atoms with E-state index in [2.05, 4.69) is 35.9 Å². The Labute approximate surface area is 185 Å². The van der Waals surface area contributed by atoms with E-state index < -0.39 is 0 Å². The molecule has 7 heteroatoms. The lowest BCUT2D eigenvalue weighted by Gasteiger charge is -2.32. The van der Waals surface area contributed by atoms with Crippen LogP contribution in [0.5, 0.6) is 0 Å². The van der Waals surface area contributed by atoms with Crippen LogP contribution in [0, 0.1) is 5.82 Å². The van der Waals surface area contributed by atoms with Gasteiger partial charge in [0.25, 0.3) is 0 Å². The highest BCUT2D eigenvalue weighted by molar-refractivity contribution is 14.0. The van der Waals surface area contributed by atoms with Gasteiger partial charge in [-0.3, -0.25) is 9.89 Å². The van der Waals surface area contributed by atoms with Crippen molar-refractivity contribution in [1.82, 2.24) is 15.1 Å². The number of rotatable bonds is 5. The van der Waals surface area contributed by atoms with E-state index >= 15 is 0 Å². The Morgan fingerprint density at radius 2 is 1.96 bits per heavy atom. The minimum atomic E-state index is -0.352. The van der Waals surface area contributed by atoms with Crippen molar-refractivity contribution in [1.29, 1.82) is 0 Å². The van der Waals surface area contributed by atoms with Crippen LogP contribution in [0.2, 0.25) is 0 Å². The van der Waals surface area contributed by atoms with Gasteiger partial charge in [-0.1, -0.05) is 32.0 Å². The van der Waals surface area contributed by atoms with Gasteiger partial charge in [-0.15, -0.1) is 24.0 Å². The molecular weight excluding hydrogens is 470 g/mol. The largest absolute Gasteiger partial charge is 0.379 e. The van der Waals surface area contributed by atoms with Gasteiger partial charge in [0.15, 0.2) is 5.96 Å². The maximum absolute atomic E-state index is 14.2. The lowest BCUT2D eigenvalue weighted by Crippen LogP contribution is -2.47. The summed E-state index contributed by atoms with van der Waals surface area (Å²) in [6.07, 6.45) is 1.15. The van der Waals surface area contributed by atoms with Crippen molar-refractivity contribution in [3.8, 4) is 0 Å². The highest BCUT2D eigenvalue weighted by Crippen LogP contribution is 2.26. The molecule has 0 radical (unpaired) electrons. The summed E-state index contributed by atoms with van der Waals surface area (Å²) in [5.41, 5.74) is 0.368. The first kappa shape index (κ1) is 23.3. The average Bonchev–Trinajstić information content (AvgIpc) is 3.16. The normalized spacial score (nSPS) is 21.5. The fourth-order valence-electron chi connectivity index (χ4n) is 3.97. The Balaban J connectivity index is 0.00000280. The number of benzene rings is 1. The topological polar surface area (TPSA) is 40.1 Å². The Hall–Kier alpha value is -0.930. The molecule has 2 saturated heterocycles. The molecular formula is C21H34FIN4O. The summed E-state index contributed by atoms with van der Waals surface area (Å²) < 4.78 is 19.7. The van der Waals surface area contributed by atoms with E-state index in [0.717, 1.165) is 63.9 Å². The lowest BCUT2D eigenvalue weighted by atomic mass is 9.84. The molecule has 1 N–H and O–H groups in total. The minimum Gasteiger partial charge on any atom is -0.379 e. The SMILES string of the molecule is CCNC(=NCC(C)(C)c1ccccc1F)N1CCC(N2CCOCC2)C1.I. The highest BCUT2D eigenvalue weighted by atomic mass is 127. The van der Waals surface area contributed by atoms with Gasteiger partial charge in [0.1, 0.15) is 5.82 Å². The molecule has 5 nitrogen and oxygen atoms in total. The van der Waals surface area contributed by atoms with Gasteiger partial charge in [0, 0.05) is 44.2 Å². The van der Waals surface area contributed by atoms with Gasteiger partial charge in [0.2, 0.25) is 0 Å². The molecule has 2 fully saturated rings. The first-order valence-electron chi connectivity index (χ1n) is 10.1. The number of nitrogens with one attached hydrogen (secondary N) is 1. The van der Waals surface area contributed by atoms with E-state index in [4.69, 9.17) is 9.73 Å². The van der Waals surface area contributed by atoms with Gasteiger partial charge in [-0.2, -0.15) is 0 Å². The second-order valence-corrected chi connectivity index (χ2v) is 8.07. The van der Waals surface area contributed by atoms with Crippen molar-refractivity contribution in [2.45, 2.75) is 38.6 Å². The van der Waals surface area contributed by atoms with E-state index in [-0.39, 0.29) is 35.2 Å². The third-order valence-electron chi connectivity index (χ3n) is 5.59. The maximum Gasteiger partial charge on any atom is 0.193 e. The Morgan fingerprint density at radius 1 is 1.25 bits per heavy atom. The molecule has 0 aromatic heterocycles. The van der Waals surface area contributed by atoms with E-state index in [1.165, 1.54) is 6.07 Å². The van der Waals surface area contributed by atoms with Gasteiger partial charge in [-0.05, 0) is 25.0 Å². The summed E-state index contributed by atoms with van der Waals surface area (Å²) >= 11 is 0. The zero-order valence-corrected chi connectivity index (χ0v) is 19.6. The van der Waals surface area contributed by atoms with Crippen molar-refractivity contribution < 1.29 is 9.13 Å². The summed E-state index contributed by atoms with van der Waals surface area (Å²) in [7, 11) is 0. The third kappa shape index (κ3) is 5.79. The van der Waals surface area contributed by atoms with Gasteiger partial charge in [0.05, 0.1) is 19.8 Å². The number of likely N-dealkylation sites (tertiary alicyclic amines) is 1. The zero-order chi connectivity index (χ0) is 19.3. The van der Waals surface area contributed by atoms with Gasteiger partial charge in [-0.25, -0.2) is 4.39 Å². The number of nitrogens with zero attached hydrogens (tertiary/aromatic N) is 3. The van der Waals surface area contributed by atoms with Crippen molar-refractivity contribution >= 4 is 29.9 Å². The number of halogens is 2. The predicted octanol–water partition coefficient (Wildman–Crippen LogP) is 3.09. The Bertz CT molecular complexity index is 649. The first-order valence-corrected chi connectivity index (χ1v) is 10.1. The van der Waals surface area contributed by atoms with Crippen LogP contribution in [0.15, 0.2) is 29.3 Å². The van der Waals surface area contributed by atoms with E-state index in [0.29, 0.717) is 12.6 Å². The van der Waals surface area contributed by atoms with Crippen LogP contribution in [0.4, 0.5) is 4.39 Å². The second-order valence-electron chi connectivity index (χ2n) is 8.07. The quantitative estimate of drug-likeness (QED) is 0.380. The number of hydrogen-bond acceptors (Lipinski definition) is 3. The monoisotopic (exact) mass is 504 g/mol. The molecule has 1 atom stereocenters. The number of guanidine groups is 1. The molecule has 2 aliphatic heterocycles. The average molecular weight is 504 g/mol. The Morgan fingerprint density at radius 3 is 2.64 bits per heavy atom. The molecule has 0 spiro atoms. The predicted molar refractivity (Wildman–Crippen MR) is 123 cm³/mol. The zero-order valence-electron chi connectivity index (χ0n) is 17.3. The molecule has 1 aromatic rings. The van der Waals surface area contributed by atoms with Crippen LogP contribution in [0.1, 0.15) is 32.8 Å². The maximum atomic E-state index is 14.2. The van der Waals surface area contributed by atoms with Crippen molar-refractivity contribution in [3.05, 3.63) is 35.6 Å². The summed E-state index contributed by atoms with van der Waals surface area (Å²) in [4.78, 5) is 9.77. The number of hydrogen-bond donors (Lipinski definition) is 1. The summed E-state index contributed by atoms with van der Waals surface area (Å²) in [5.74, 6) is 0.786. The molecule has 158 valence electrons. The summed E-state index contributed by atoms with van der Waals surface area (Å²) in [6.45, 7) is 13.3. The van der Waals surface area contributed by atoms with E-state index in [9.17, 15) is 4.39 Å². The van der Waals surface area contributed by atoms with Crippen molar-refractivity contribution in [3.63, 3.8) is 0 Å². The van der Waals surface area contributed by atoms with E-state index in [1.54, 1.807) is 6.07 Å². The van der Waals surface area contributed by atoms with Crippen LogP contribution in [0.25, 0.3) is 0 Å². The molecule has 0 saturated carbocycles. The van der Waals surface area contributed by atoms with Crippen LogP contribution in [-0.2, 0) is 10.2 Å². The van der Waals surface area contributed by atoms with Crippen LogP contribution in [-0.4, -0.2) is 74.3 Å². The molecule has 2 heterocycles. The summed E-state index contributed by atoms with van der Waals surface area (Å²) in [6, 6.07) is 7.58. The number of ether oxygens (including phenoxy) is 1. The number of morpholine rings is 1. The number of aliphatic imine (C=N–C) groups is 1. The molecule has 2 aliphatic rings. The Kier molecular flexibility index (Phi) is 8.95. The first-order chi connectivity index (χ1) is 13.0. The smallest absolute Gasteiger partial charge is 0.193 e. The fourth-order valence-corrected chi connectivity index (χ4v) is 3.97. The molecule has 0 amide bonds. The van der Waals surface area contributed by atoms with Crippen LogP contribution in [0.3, 0.4) is 0 Å².